The fourth-order valence-corrected chi connectivity index (χ4v) is 2.45. The first-order valence-corrected chi connectivity index (χ1v) is 7.18. The summed E-state index contributed by atoms with van der Waals surface area (Å²) in [6, 6.07) is 8.57. The van der Waals surface area contributed by atoms with E-state index < -0.39 is 0 Å². The first-order valence-electron chi connectivity index (χ1n) is 6.02. The standard InChI is InChI=1S/C14H20N2S/c1-4-17-8-7-12(3)16-14-6-5-13(10-15)11(2)9-14/h5-6,9,12,16H,4,7-8H2,1-3H3. The third-order valence-electron chi connectivity index (χ3n) is 2.66. The molecule has 0 heterocycles. The third kappa shape index (κ3) is 4.70. The predicted octanol–water partition coefficient (Wildman–Crippen LogP) is 3.81. The average molecular weight is 248 g/mol. The van der Waals surface area contributed by atoms with Gasteiger partial charge in [-0.25, -0.2) is 0 Å². The highest BCUT2D eigenvalue weighted by molar-refractivity contribution is 7.99. The fourth-order valence-electron chi connectivity index (χ4n) is 1.64. The molecule has 2 nitrogen and oxygen atoms in total. The molecular weight excluding hydrogens is 228 g/mol. The molecule has 0 aliphatic rings. The van der Waals surface area contributed by atoms with E-state index in [0.29, 0.717) is 6.04 Å². The molecule has 0 saturated carbocycles. The Morgan fingerprint density at radius 2 is 2.24 bits per heavy atom. The van der Waals surface area contributed by atoms with Crippen LogP contribution in [0.15, 0.2) is 18.2 Å². The Kier molecular flexibility index (Phi) is 5.93. The summed E-state index contributed by atoms with van der Waals surface area (Å²) >= 11 is 1.97. The molecule has 0 aliphatic heterocycles. The number of nitriles is 1. The van der Waals surface area contributed by atoms with E-state index in [1.54, 1.807) is 0 Å². The van der Waals surface area contributed by atoms with Crippen molar-refractivity contribution in [3.63, 3.8) is 0 Å². The molecule has 1 atom stereocenters. The molecule has 92 valence electrons. The van der Waals surface area contributed by atoms with Gasteiger partial charge in [0.15, 0.2) is 0 Å². The zero-order valence-electron chi connectivity index (χ0n) is 10.8. The summed E-state index contributed by atoms with van der Waals surface area (Å²) in [7, 11) is 0. The Labute approximate surface area is 108 Å². The van der Waals surface area contributed by atoms with Crippen molar-refractivity contribution in [2.24, 2.45) is 0 Å². The maximum Gasteiger partial charge on any atom is 0.0994 e. The van der Waals surface area contributed by atoms with Crippen molar-refractivity contribution in [2.45, 2.75) is 33.2 Å². The van der Waals surface area contributed by atoms with E-state index >= 15 is 0 Å². The Hall–Kier alpha value is -1.14. The van der Waals surface area contributed by atoms with Gasteiger partial charge in [-0.3, -0.25) is 0 Å². The van der Waals surface area contributed by atoms with Gasteiger partial charge in [-0.15, -0.1) is 0 Å². The highest BCUT2D eigenvalue weighted by Gasteiger charge is 2.03. The maximum atomic E-state index is 8.86. The monoisotopic (exact) mass is 248 g/mol. The van der Waals surface area contributed by atoms with Gasteiger partial charge in [0.05, 0.1) is 11.6 Å². The molecule has 3 heteroatoms. The van der Waals surface area contributed by atoms with Crippen LogP contribution in [0, 0.1) is 18.3 Å². The van der Waals surface area contributed by atoms with Gasteiger partial charge in [0.2, 0.25) is 0 Å². The molecule has 17 heavy (non-hydrogen) atoms. The topological polar surface area (TPSA) is 35.8 Å². The molecule has 0 bridgehead atoms. The summed E-state index contributed by atoms with van der Waals surface area (Å²) in [4.78, 5) is 0. The second-order valence-electron chi connectivity index (χ2n) is 4.17. The van der Waals surface area contributed by atoms with Gasteiger partial charge < -0.3 is 5.32 Å². The second kappa shape index (κ2) is 7.24. The molecule has 0 radical (unpaired) electrons. The molecule has 0 amide bonds. The molecule has 0 saturated heterocycles. The van der Waals surface area contributed by atoms with Crippen LogP contribution >= 0.6 is 11.8 Å². The van der Waals surface area contributed by atoms with E-state index in [0.717, 1.165) is 23.2 Å². The van der Waals surface area contributed by atoms with E-state index in [1.165, 1.54) is 11.5 Å². The molecule has 1 aromatic rings. The van der Waals surface area contributed by atoms with E-state index in [1.807, 2.05) is 36.9 Å². The number of nitrogens with zero attached hydrogens (tertiary/aromatic N) is 1. The van der Waals surface area contributed by atoms with Crippen LogP contribution in [-0.2, 0) is 0 Å². The first-order chi connectivity index (χ1) is 8.17. The number of aryl methyl sites for hydroxylation is 1. The number of hydrogen-bond acceptors (Lipinski definition) is 3. The Balaban J connectivity index is 2.51. The van der Waals surface area contributed by atoms with Crippen molar-refractivity contribution >= 4 is 17.4 Å². The summed E-state index contributed by atoms with van der Waals surface area (Å²) in [6.45, 7) is 6.36. The van der Waals surface area contributed by atoms with Crippen LogP contribution in [0.2, 0.25) is 0 Å². The molecule has 0 fully saturated rings. The summed E-state index contributed by atoms with van der Waals surface area (Å²) in [6.07, 6.45) is 1.16. The lowest BCUT2D eigenvalue weighted by molar-refractivity contribution is 0.771. The smallest absolute Gasteiger partial charge is 0.0994 e. The van der Waals surface area contributed by atoms with Crippen LogP contribution in [0.1, 0.15) is 31.4 Å². The zero-order valence-corrected chi connectivity index (χ0v) is 11.6. The average Bonchev–Trinajstić information content (AvgIpc) is 2.29. The van der Waals surface area contributed by atoms with Gasteiger partial charge in [0.25, 0.3) is 0 Å². The van der Waals surface area contributed by atoms with Crippen LogP contribution in [0.3, 0.4) is 0 Å². The lowest BCUT2D eigenvalue weighted by atomic mass is 10.1. The minimum atomic E-state index is 0.474. The van der Waals surface area contributed by atoms with Gasteiger partial charge >= 0.3 is 0 Å². The fraction of sp³-hybridized carbons (Fsp3) is 0.500. The summed E-state index contributed by atoms with van der Waals surface area (Å²) < 4.78 is 0. The van der Waals surface area contributed by atoms with Crippen LogP contribution in [0.4, 0.5) is 5.69 Å². The molecule has 1 aromatic carbocycles. The number of hydrogen-bond donors (Lipinski definition) is 1. The number of anilines is 1. The number of rotatable bonds is 6. The highest BCUT2D eigenvalue weighted by Crippen LogP contribution is 2.16. The number of benzene rings is 1. The number of thioether (sulfide) groups is 1. The van der Waals surface area contributed by atoms with Crippen LogP contribution < -0.4 is 5.32 Å². The van der Waals surface area contributed by atoms with E-state index in [9.17, 15) is 0 Å². The normalized spacial score (nSPS) is 11.9. The quantitative estimate of drug-likeness (QED) is 0.778. The zero-order chi connectivity index (χ0) is 12.7. The lowest BCUT2D eigenvalue weighted by Gasteiger charge is -2.15. The lowest BCUT2D eigenvalue weighted by Crippen LogP contribution is -2.16. The SMILES string of the molecule is CCSCCC(C)Nc1ccc(C#N)c(C)c1. The molecule has 0 spiro atoms. The summed E-state index contributed by atoms with van der Waals surface area (Å²) in [5.74, 6) is 2.38. The molecule has 1 unspecified atom stereocenters. The Morgan fingerprint density at radius 1 is 1.47 bits per heavy atom. The van der Waals surface area contributed by atoms with Crippen molar-refractivity contribution < 1.29 is 0 Å². The highest BCUT2D eigenvalue weighted by atomic mass is 32.2. The minimum absolute atomic E-state index is 0.474. The largest absolute Gasteiger partial charge is 0.383 e. The molecule has 1 N–H and O–H groups in total. The van der Waals surface area contributed by atoms with Gasteiger partial charge in [0.1, 0.15) is 0 Å². The molecule has 1 rings (SSSR count). The number of nitrogens with one attached hydrogen (secondary N) is 1. The van der Waals surface area contributed by atoms with Gasteiger partial charge in [-0.1, -0.05) is 6.92 Å². The second-order valence-corrected chi connectivity index (χ2v) is 5.57. The van der Waals surface area contributed by atoms with E-state index in [4.69, 9.17) is 5.26 Å². The van der Waals surface area contributed by atoms with Gasteiger partial charge in [0, 0.05) is 11.7 Å². The predicted molar refractivity (Wildman–Crippen MR) is 76.6 cm³/mol. The Bertz CT molecular complexity index is 396. The van der Waals surface area contributed by atoms with E-state index in [-0.39, 0.29) is 0 Å². The maximum absolute atomic E-state index is 8.86. The van der Waals surface area contributed by atoms with Crippen molar-refractivity contribution in [1.82, 2.24) is 0 Å². The van der Waals surface area contributed by atoms with Crippen molar-refractivity contribution in [3.05, 3.63) is 29.3 Å². The van der Waals surface area contributed by atoms with Crippen molar-refractivity contribution in [2.75, 3.05) is 16.8 Å². The van der Waals surface area contributed by atoms with Crippen molar-refractivity contribution in [3.8, 4) is 6.07 Å². The summed E-state index contributed by atoms with van der Waals surface area (Å²) in [5, 5.41) is 12.3. The molecular formula is C14H20N2S. The van der Waals surface area contributed by atoms with Crippen LogP contribution in [0.5, 0.6) is 0 Å². The van der Waals surface area contributed by atoms with E-state index in [2.05, 4.69) is 25.2 Å². The van der Waals surface area contributed by atoms with Gasteiger partial charge in [-0.2, -0.15) is 17.0 Å². The third-order valence-corrected chi connectivity index (χ3v) is 3.59. The molecule has 0 aromatic heterocycles. The first kappa shape index (κ1) is 13.9. The van der Waals surface area contributed by atoms with Crippen LogP contribution in [-0.4, -0.2) is 17.5 Å². The van der Waals surface area contributed by atoms with Gasteiger partial charge in [-0.05, 0) is 55.5 Å². The summed E-state index contributed by atoms with van der Waals surface area (Å²) in [5.41, 5.74) is 2.90. The van der Waals surface area contributed by atoms with Crippen molar-refractivity contribution in [1.29, 1.82) is 5.26 Å². The molecule has 0 aliphatic carbocycles. The van der Waals surface area contributed by atoms with Crippen LogP contribution in [0.25, 0.3) is 0 Å². The minimum Gasteiger partial charge on any atom is -0.383 e. The Morgan fingerprint density at radius 3 is 2.82 bits per heavy atom.